The zero-order valence-electron chi connectivity index (χ0n) is 20.6. The van der Waals surface area contributed by atoms with E-state index in [0.29, 0.717) is 29.7 Å². The number of nitrogens with zero attached hydrogens (tertiary/aromatic N) is 3. The Labute approximate surface area is 226 Å². The molecule has 0 spiro atoms. The van der Waals surface area contributed by atoms with E-state index in [1.54, 1.807) is 18.2 Å². The van der Waals surface area contributed by atoms with Crippen LogP contribution in [0.15, 0.2) is 66.9 Å². The molecule has 0 saturated heterocycles. The number of halogens is 3. The highest BCUT2D eigenvalue weighted by atomic mass is 35.5. The Morgan fingerprint density at radius 1 is 0.946 bits per heavy atom. The van der Waals surface area contributed by atoms with Gasteiger partial charge in [0.2, 0.25) is 6.79 Å². The van der Waals surface area contributed by atoms with Crippen LogP contribution in [0.25, 0.3) is 11.4 Å². The first kappa shape index (κ1) is 25.6. The van der Waals surface area contributed by atoms with Crippen molar-refractivity contribution in [2.45, 2.75) is 45.9 Å². The summed E-state index contributed by atoms with van der Waals surface area (Å²) in [6, 6.07) is 18.1. The molecule has 5 nitrogen and oxygen atoms in total. The summed E-state index contributed by atoms with van der Waals surface area (Å²) in [7, 11) is 0. The number of imidazole rings is 1. The zero-order valence-corrected chi connectivity index (χ0v) is 22.1. The number of benzene rings is 3. The lowest BCUT2D eigenvalue weighted by atomic mass is 10.1. The van der Waals surface area contributed by atoms with Gasteiger partial charge in [0.15, 0.2) is 11.5 Å². The Kier molecular flexibility index (Phi) is 7.99. The van der Waals surface area contributed by atoms with Crippen LogP contribution in [0, 0.1) is 5.82 Å². The van der Waals surface area contributed by atoms with Crippen molar-refractivity contribution in [3.63, 3.8) is 0 Å². The van der Waals surface area contributed by atoms with Gasteiger partial charge in [-0.1, -0.05) is 42.6 Å². The first-order valence-electron chi connectivity index (χ1n) is 12.4. The van der Waals surface area contributed by atoms with E-state index in [2.05, 4.69) is 22.5 Å². The molecule has 1 aliphatic heterocycles. The van der Waals surface area contributed by atoms with Crippen LogP contribution in [0.5, 0.6) is 11.5 Å². The van der Waals surface area contributed by atoms with Gasteiger partial charge < -0.3 is 14.0 Å². The lowest BCUT2D eigenvalue weighted by Crippen LogP contribution is -2.24. The first-order chi connectivity index (χ1) is 18.0. The summed E-state index contributed by atoms with van der Waals surface area (Å²) < 4.78 is 26.9. The maximum absolute atomic E-state index is 13.6. The summed E-state index contributed by atoms with van der Waals surface area (Å²) in [5, 5.41) is 1.32. The Bertz CT molecular complexity index is 1370. The van der Waals surface area contributed by atoms with E-state index >= 15 is 0 Å². The minimum absolute atomic E-state index is 0.239. The van der Waals surface area contributed by atoms with Gasteiger partial charge in [0, 0.05) is 41.8 Å². The maximum Gasteiger partial charge on any atom is 0.231 e. The van der Waals surface area contributed by atoms with Crippen molar-refractivity contribution >= 4 is 23.2 Å². The molecule has 0 bridgehead atoms. The van der Waals surface area contributed by atoms with Gasteiger partial charge in [-0.15, -0.1) is 0 Å². The number of rotatable bonds is 10. The van der Waals surface area contributed by atoms with Crippen molar-refractivity contribution in [2.24, 2.45) is 0 Å². The molecule has 37 heavy (non-hydrogen) atoms. The van der Waals surface area contributed by atoms with Crippen molar-refractivity contribution in [3.8, 4) is 22.9 Å². The molecule has 5 rings (SSSR count). The Morgan fingerprint density at radius 2 is 1.76 bits per heavy atom. The topological polar surface area (TPSA) is 39.5 Å². The summed E-state index contributed by atoms with van der Waals surface area (Å²) in [4.78, 5) is 7.05. The van der Waals surface area contributed by atoms with Crippen molar-refractivity contribution in [2.75, 3.05) is 6.79 Å². The lowest BCUT2D eigenvalue weighted by Gasteiger charge is -2.24. The van der Waals surface area contributed by atoms with Crippen LogP contribution in [0.1, 0.15) is 36.6 Å². The molecule has 1 aliphatic rings. The summed E-state index contributed by atoms with van der Waals surface area (Å²) in [6.07, 6.45) is 3.99. The number of hydrogen-bond donors (Lipinski definition) is 0. The number of ether oxygens (including phenoxy) is 2. The minimum atomic E-state index is -0.260. The second-order valence-corrected chi connectivity index (χ2v) is 10.00. The quantitative estimate of drug-likeness (QED) is 0.206. The number of unbranched alkanes of at least 4 members (excludes halogenated alkanes) is 1. The molecule has 0 amide bonds. The minimum Gasteiger partial charge on any atom is -0.454 e. The van der Waals surface area contributed by atoms with Crippen molar-refractivity contribution in [1.29, 1.82) is 0 Å². The van der Waals surface area contributed by atoms with E-state index in [-0.39, 0.29) is 12.6 Å². The summed E-state index contributed by atoms with van der Waals surface area (Å²) in [5.74, 6) is 2.09. The third kappa shape index (κ3) is 6.09. The predicted molar refractivity (Wildman–Crippen MR) is 145 cm³/mol. The maximum atomic E-state index is 13.6. The normalized spacial score (nSPS) is 12.5. The number of fused-ring (bicyclic) bond motifs is 1. The van der Waals surface area contributed by atoms with Gasteiger partial charge in [0.1, 0.15) is 11.6 Å². The van der Waals surface area contributed by atoms with Crippen LogP contribution in [-0.4, -0.2) is 21.2 Å². The molecule has 3 aromatic carbocycles. The van der Waals surface area contributed by atoms with E-state index in [9.17, 15) is 4.39 Å². The molecule has 0 saturated carbocycles. The zero-order chi connectivity index (χ0) is 25.8. The fraction of sp³-hybridized carbons (Fsp3) is 0.276. The Balaban J connectivity index is 1.47. The Morgan fingerprint density at radius 3 is 2.57 bits per heavy atom. The van der Waals surface area contributed by atoms with Gasteiger partial charge in [0.25, 0.3) is 0 Å². The van der Waals surface area contributed by atoms with Gasteiger partial charge in [-0.05, 0) is 72.1 Å². The predicted octanol–water partition coefficient (Wildman–Crippen LogP) is 7.73. The van der Waals surface area contributed by atoms with E-state index in [0.717, 1.165) is 59.1 Å². The molecule has 4 aromatic rings. The molecule has 1 aromatic heterocycles. The average Bonchev–Trinajstić information content (AvgIpc) is 3.52. The van der Waals surface area contributed by atoms with Crippen molar-refractivity contribution in [3.05, 3.63) is 99.5 Å². The molecule has 0 radical (unpaired) electrons. The summed E-state index contributed by atoms with van der Waals surface area (Å²) in [5.41, 5.74) is 4.02. The van der Waals surface area contributed by atoms with Crippen LogP contribution in [0.2, 0.25) is 10.0 Å². The highest BCUT2D eigenvalue weighted by Crippen LogP contribution is 2.33. The molecule has 0 aliphatic carbocycles. The van der Waals surface area contributed by atoms with Crippen LogP contribution in [-0.2, 0) is 26.2 Å². The van der Waals surface area contributed by atoms with Gasteiger partial charge in [-0.25, -0.2) is 9.37 Å². The standard InChI is InChI=1S/C29H28Cl2FN3O2/c1-2-3-12-35-25(15-33-29(35)21-5-8-24(32)9-6-21)18-34(17-22-14-23(30)7-10-26(22)31)16-20-4-11-27-28(13-20)37-19-36-27/h4-11,13-15H,2-3,12,16-19H2,1H3. The summed E-state index contributed by atoms with van der Waals surface area (Å²) in [6.45, 7) is 5.12. The molecule has 0 unspecified atom stereocenters. The monoisotopic (exact) mass is 539 g/mol. The average molecular weight is 540 g/mol. The molecule has 2 heterocycles. The Hall–Kier alpha value is -3.06. The highest BCUT2D eigenvalue weighted by Gasteiger charge is 2.19. The fourth-order valence-electron chi connectivity index (χ4n) is 4.53. The second kappa shape index (κ2) is 11.5. The molecule has 192 valence electrons. The summed E-state index contributed by atoms with van der Waals surface area (Å²) >= 11 is 12.9. The van der Waals surface area contributed by atoms with Crippen molar-refractivity contribution in [1.82, 2.24) is 14.5 Å². The van der Waals surface area contributed by atoms with Gasteiger partial charge in [-0.3, -0.25) is 4.90 Å². The van der Waals surface area contributed by atoms with E-state index in [4.69, 9.17) is 37.7 Å². The number of aromatic nitrogens is 2. The molecule has 0 atom stereocenters. The molecule has 8 heteroatoms. The van der Waals surface area contributed by atoms with Gasteiger partial charge in [0.05, 0.1) is 11.9 Å². The fourth-order valence-corrected chi connectivity index (χ4v) is 4.90. The first-order valence-corrected chi connectivity index (χ1v) is 13.1. The number of hydrogen-bond acceptors (Lipinski definition) is 4. The third-order valence-corrected chi connectivity index (χ3v) is 7.01. The lowest BCUT2D eigenvalue weighted by molar-refractivity contribution is 0.174. The highest BCUT2D eigenvalue weighted by molar-refractivity contribution is 6.33. The van der Waals surface area contributed by atoms with Crippen LogP contribution < -0.4 is 9.47 Å². The SMILES string of the molecule is CCCCn1c(CN(Cc2ccc3c(c2)OCO3)Cc2cc(Cl)ccc2Cl)cnc1-c1ccc(F)cc1. The van der Waals surface area contributed by atoms with Gasteiger partial charge in [-0.2, -0.15) is 0 Å². The molecule has 0 N–H and O–H groups in total. The van der Waals surface area contributed by atoms with E-state index in [1.165, 1.54) is 12.1 Å². The molecular formula is C29H28Cl2FN3O2. The van der Waals surface area contributed by atoms with Crippen LogP contribution in [0.4, 0.5) is 4.39 Å². The van der Waals surface area contributed by atoms with E-state index in [1.807, 2.05) is 30.5 Å². The van der Waals surface area contributed by atoms with Crippen molar-refractivity contribution < 1.29 is 13.9 Å². The third-order valence-electron chi connectivity index (χ3n) is 6.41. The smallest absolute Gasteiger partial charge is 0.231 e. The second-order valence-electron chi connectivity index (χ2n) is 9.15. The van der Waals surface area contributed by atoms with Crippen LogP contribution in [0.3, 0.4) is 0 Å². The van der Waals surface area contributed by atoms with Crippen LogP contribution >= 0.6 is 23.2 Å². The van der Waals surface area contributed by atoms with Gasteiger partial charge >= 0.3 is 0 Å². The molecular weight excluding hydrogens is 512 g/mol. The largest absolute Gasteiger partial charge is 0.454 e. The molecule has 0 fully saturated rings. The van der Waals surface area contributed by atoms with E-state index < -0.39 is 0 Å².